The molecule has 1 aromatic rings. The standard InChI is InChI=1S/C16H25N3O/c1-13-11-19(12-14-6-4-3-5-7-14)9-8-15(13)18(2)16(20)10-17/h3-7,13,15H,8-12,17H2,1-2H3/t13-,15-/m0/s1. The molecule has 0 spiro atoms. The Morgan fingerprint density at radius 1 is 1.40 bits per heavy atom. The number of hydrogen-bond donors (Lipinski definition) is 1. The minimum atomic E-state index is 0.0401. The molecule has 1 aliphatic rings. The summed E-state index contributed by atoms with van der Waals surface area (Å²) in [6, 6.07) is 10.9. The first kappa shape index (κ1) is 15.0. The van der Waals surface area contributed by atoms with Gasteiger partial charge in [0, 0.05) is 32.7 Å². The highest BCUT2D eigenvalue weighted by atomic mass is 16.2. The molecule has 0 unspecified atom stereocenters. The van der Waals surface area contributed by atoms with Crippen molar-refractivity contribution in [1.82, 2.24) is 9.80 Å². The molecule has 1 saturated heterocycles. The molecule has 0 aliphatic carbocycles. The summed E-state index contributed by atoms with van der Waals surface area (Å²) in [5, 5.41) is 0. The molecule has 0 aromatic heterocycles. The molecule has 0 bridgehead atoms. The van der Waals surface area contributed by atoms with E-state index in [0.717, 1.165) is 26.1 Å². The van der Waals surface area contributed by atoms with Gasteiger partial charge in [-0.25, -0.2) is 0 Å². The normalized spacial score (nSPS) is 23.6. The molecular formula is C16H25N3O. The van der Waals surface area contributed by atoms with Crippen LogP contribution in [0.25, 0.3) is 0 Å². The third kappa shape index (κ3) is 3.58. The number of piperidine rings is 1. The molecule has 0 saturated carbocycles. The van der Waals surface area contributed by atoms with Crippen LogP contribution in [0.2, 0.25) is 0 Å². The van der Waals surface area contributed by atoms with Gasteiger partial charge in [-0.1, -0.05) is 37.3 Å². The van der Waals surface area contributed by atoms with Crippen LogP contribution in [-0.4, -0.2) is 48.4 Å². The van der Waals surface area contributed by atoms with E-state index in [1.807, 2.05) is 18.0 Å². The highest BCUT2D eigenvalue weighted by Gasteiger charge is 2.30. The van der Waals surface area contributed by atoms with Crippen LogP contribution in [0.4, 0.5) is 0 Å². The van der Waals surface area contributed by atoms with Gasteiger partial charge in [0.15, 0.2) is 0 Å². The maximum Gasteiger partial charge on any atom is 0.236 e. The van der Waals surface area contributed by atoms with Crippen LogP contribution in [-0.2, 0) is 11.3 Å². The fourth-order valence-corrected chi connectivity index (χ4v) is 3.11. The first-order chi connectivity index (χ1) is 9.61. The molecule has 4 heteroatoms. The number of benzene rings is 1. The van der Waals surface area contributed by atoms with Crippen molar-refractivity contribution in [1.29, 1.82) is 0 Å². The maximum atomic E-state index is 11.7. The number of carbonyl (C=O) groups is 1. The van der Waals surface area contributed by atoms with Crippen molar-refractivity contribution in [3.8, 4) is 0 Å². The first-order valence-electron chi connectivity index (χ1n) is 7.34. The second kappa shape index (κ2) is 6.86. The topological polar surface area (TPSA) is 49.6 Å². The van der Waals surface area contributed by atoms with Gasteiger partial charge < -0.3 is 10.6 Å². The number of carbonyl (C=O) groups excluding carboxylic acids is 1. The Morgan fingerprint density at radius 2 is 2.10 bits per heavy atom. The van der Waals surface area contributed by atoms with Crippen LogP contribution < -0.4 is 5.73 Å². The number of likely N-dealkylation sites (tertiary alicyclic amines) is 1. The summed E-state index contributed by atoms with van der Waals surface area (Å²) in [6.45, 7) is 5.38. The predicted octanol–water partition coefficient (Wildman–Crippen LogP) is 1.31. The van der Waals surface area contributed by atoms with Crippen LogP contribution in [0.3, 0.4) is 0 Å². The van der Waals surface area contributed by atoms with Crippen molar-refractivity contribution < 1.29 is 4.79 Å². The number of likely N-dealkylation sites (N-methyl/N-ethyl adjacent to an activating group) is 1. The van der Waals surface area contributed by atoms with Gasteiger partial charge in [-0.05, 0) is 17.9 Å². The Morgan fingerprint density at radius 3 is 2.70 bits per heavy atom. The molecule has 20 heavy (non-hydrogen) atoms. The Kier molecular flexibility index (Phi) is 5.15. The highest BCUT2D eigenvalue weighted by Crippen LogP contribution is 2.22. The van der Waals surface area contributed by atoms with Gasteiger partial charge in [-0.15, -0.1) is 0 Å². The Bertz CT molecular complexity index is 435. The number of rotatable bonds is 4. The molecule has 1 heterocycles. The van der Waals surface area contributed by atoms with Gasteiger partial charge in [0.25, 0.3) is 0 Å². The number of hydrogen-bond acceptors (Lipinski definition) is 3. The molecule has 1 aromatic carbocycles. The number of nitrogens with zero attached hydrogens (tertiary/aromatic N) is 2. The lowest BCUT2D eigenvalue weighted by Gasteiger charge is -2.41. The van der Waals surface area contributed by atoms with E-state index in [0.29, 0.717) is 12.0 Å². The van der Waals surface area contributed by atoms with Crippen molar-refractivity contribution in [2.45, 2.75) is 25.9 Å². The van der Waals surface area contributed by atoms with Crippen LogP contribution in [0.1, 0.15) is 18.9 Å². The van der Waals surface area contributed by atoms with Crippen LogP contribution in [0, 0.1) is 5.92 Å². The van der Waals surface area contributed by atoms with Crippen molar-refractivity contribution in [2.75, 3.05) is 26.7 Å². The monoisotopic (exact) mass is 275 g/mol. The second-order valence-electron chi connectivity index (χ2n) is 5.76. The van der Waals surface area contributed by atoms with E-state index in [4.69, 9.17) is 5.73 Å². The fraction of sp³-hybridized carbons (Fsp3) is 0.562. The van der Waals surface area contributed by atoms with E-state index in [2.05, 4.69) is 36.1 Å². The average Bonchev–Trinajstić information content (AvgIpc) is 2.47. The highest BCUT2D eigenvalue weighted by molar-refractivity contribution is 5.78. The third-order valence-corrected chi connectivity index (χ3v) is 4.26. The number of amides is 1. The zero-order valence-electron chi connectivity index (χ0n) is 12.5. The second-order valence-corrected chi connectivity index (χ2v) is 5.76. The summed E-state index contributed by atoms with van der Waals surface area (Å²) in [4.78, 5) is 16.0. The Labute approximate surface area is 121 Å². The predicted molar refractivity (Wildman–Crippen MR) is 81.1 cm³/mol. The van der Waals surface area contributed by atoms with Gasteiger partial charge >= 0.3 is 0 Å². The number of nitrogens with two attached hydrogens (primary N) is 1. The lowest BCUT2D eigenvalue weighted by molar-refractivity contribution is -0.132. The molecule has 2 N–H and O–H groups in total. The minimum Gasteiger partial charge on any atom is -0.341 e. The summed E-state index contributed by atoms with van der Waals surface area (Å²) in [5.74, 6) is 0.520. The van der Waals surface area contributed by atoms with Crippen molar-refractivity contribution in [2.24, 2.45) is 11.7 Å². The van der Waals surface area contributed by atoms with Gasteiger partial charge in [0.1, 0.15) is 0 Å². The summed E-state index contributed by atoms with van der Waals surface area (Å²) in [6.07, 6.45) is 1.02. The van der Waals surface area contributed by atoms with Gasteiger partial charge in [0.2, 0.25) is 5.91 Å². The lowest BCUT2D eigenvalue weighted by atomic mass is 9.92. The van der Waals surface area contributed by atoms with Crippen LogP contribution >= 0.6 is 0 Å². The molecule has 1 aliphatic heterocycles. The molecule has 2 rings (SSSR count). The zero-order chi connectivity index (χ0) is 14.5. The molecule has 4 nitrogen and oxygen atoms in total. The average molecular weight is 275 g/mol. The Hall–Kier alpha value is -1.39. The summed E-state index contributed by atoms with van der Waals surface area (Å²) >= 11 is 0. The summed E-state index contributed by atoms with van der Waals surface area (Å²) < 4.78 is 0. The summed E-state index contributed by atoms with van der Waals surface area (Å²) in [7, 11) is 1.88. The van der Waals surface area contributed by atoms with E-state index in [-0.39, 0.29) is 12.5 Å². The first-order valence-corrected chi connectivity index (χ1v) is 7.34. The zero-order valence-corrected chi connectivity index (χ0v) is 12.5. The minimum absolute atomic E-state index is 0.0401. The van der Waals surface area contributed by atoms with E-state index in [9.17, 15) is 4.79 Å². The van der Waals surface area contributed by atoms with Crippen LogP contribution in [0.5, 0.6) is 0 Å². The van der Waals surface area contributed by atoms with Crippen molar-refractivity contribution >= 4 is 5.91 Å². The van der Waals surface area contributed by atoms with Gasteiger partial charge in [-0.2, -0.15) is 0 Å². The molecule has 1 fully saturated rings. The van der Waals surface area contributed by atoms with E-state index < -0.39 is 0 Å². The molecular weight excluding hydrogens is 250 g/mol. The molecule has 2 atom stereocenters. The Balaban J connectivity index is 1.90. The molecule has 110 valence electrons. The quantitative estimate of drug-likeness (QED) is 0.901. The van der Waals surface area contributed by atoms with Gasteiger partial charge in [-0.3, -0.25) is 9.69 Å². The van der Waals surface area contributed by atoms with Crippen molar-refractivity contribution in [3.63, 3.8) is 0 Å². The third-order valence-electron chi connectivity index (χ3n) is 4.26. The smallest absolute Gasteiger partial charge is 0.236 e. The molecule has 0 radical (unpaired) electrons. The van der Waals surface area contributed by atoms with E-state index in [1.54, 1.807) is 0 Å². The maximum absolute atomic E-state index is 11.7. The largest absolute Gasteiger partial charge is 0.341 e. The lowest BCUT2D eigenvalue weighted by Crippen LogP contribution is -2.51. The molecule has 1 amide bonds. The van der Waals surface area contributed by atoms with Crippen molar-refractivity contribution in [3.05, 3.63) is 35.9 Å². The van der Waals surface area contributed by atoms with E-state index in [1.165, 1.54) is 5.56 Å². The van der Waals surface area contributed by atoms with Gasteiger partial charge in [0.05, 0.1) is 6.54 Å². The SMILES string of the molecule is C[C@H]1CN(Cc2ccccc2)CC[C@@H]1N(C)C(=O)CN. The van der Waals surface area contributed by atoms with Crippen LogP contribution in [0.15, 0.2) is 30.3 Å². The van der Waals surface area contributed by atoms with E-state index >= 15 is 0 Å². The fourth-order valence-electron chi connectivity index (χ4n) is 3.11. The summed E-state index contributed by atoms with van der Waals surface area (Å²) in [5.41, 5.74) is 6.80.